The lowest BCUT2D eigenvalue weighted by atomic mass is 9.51. The molecule has 0 radical (unpaired) electrons. The van der Waals surface area contributed by atoms with Gasteiger partial charge in [0, 0.05) is 29.7 Å². The number of hydrogen-bond donors (Lipinski definition) is 5. The van der Waals surface area contributed by atoms with Gasteiger partial charge in [0.15, 0.2) is 11.9 Å². The monoisotopic (exact) mass is 840 g/mol. The van der Waals surface area contributed by atoms with Crippen molar-refractivity contribution in [3.05, 3.63) is 81.4 Å². The number of carbonyl (C=O) groups is 4. The van der Waals surface area contributed by atoms with Gasteiger partial charge >= 0.3 is 11.9 Å². The number of carboxylic acid groups (broad SMARTS) is 1. The third-order valence-electron chi connectivity index (χ3n) is 14.2. The fraction of sp³-hybridized carbons (Fsp3) is 0.591. The first kappa shape index (κ1) is 42.4. The summed E-state index contributed by atoms with van der Waals surface area (Å²) in [4.78, 5) is 57.4. The number of halogens is 2. The highest BCUT2D eigenvalue weighted by molar-refractivity contribution is 6.36. The molecule has 58 heavy (non-hydrogen) atoms. The summed E-state index contributed by atoms with van der Waals surface area (Å²) in [6.07, 6.45) is 14.0. The van der Waals surface area contributed by atoms with Gasteiger partial charge in [-0.25, -0.2) is 9.59 Å². The van der Waals surface area contributed by atoms with Crippen molar-refractivity contribution >= 4 is 46.8 Å². The summed E-state index contributed by atoms with van der Waals surface area (Å²) in [7, 11) is 0. The van der Waals surface area contributed by atoms with Crippen molar-refractivity contribution in [3.8, 4) is 0 Å². The standard InChI is InChI=1S/C44H54Cl2N2O10/c1-6-24-20-44-38(51)33(41(55)58-44)37(50)43(7-2)25(12-10-8-9-11-17-42(44,5)21-27(24)40(53)54)14-15-26-28(43)16-13-22(3)36(26)57-32-19-30(49)34(23(4)56-32)48-39(52)35-29(45)18-31(46)47-35/h8,10-11,14-15,17-18,21-26,28,30,32,34,36,47,49-50H,6-7,9,12-13,16,19-20H2,1-5H3,(H,48,52)(H,53,54)/b10-8+,17-11+,37-33+/t22-,23+,24-,25+,26+,28+,30+,32-,34+,36-,42-,43-,44+/m0/s1. The van der Waals surface area contributed by atoms with Gasteiger partial charge < -0.3 is 39.8 Å². The lowest BCUT2D eigenvalue weighted by molar-refractivity contribution is -0.258. The number of ether oxygens (including phenoxy) is 3. The molecule has 13 atom stereocenters. The van der Waals surface area contributed by atoms with Crippen molar-refractivity contribution in [1.29, 1.82) is 0 Å². The lowest BCUT2D eigenvalue weighted by Gasteiger charge is -2.55. The number of allylic oxidation sites excluding steroid dienone is 5. The number of esters is 1. The maximum absolute atomic E-state index is 15.0. The Morgan fingerprint density at radius 1 is 1.10 bits per heavy atom. The highest BCUT2D eigenvalue weighted by Crippen LogP contribution is 2.61. The number of aromatic amines is 1. The molecule has 2 bridgehead atoms. The Bertz CT molecular complexity index is 1990. The van der Waals surface area contributed by atoms with Crippen LogP contribution in [0.25, 0.3) is 0 Å². The molecule has 3 fully saturated rings. The molecule has 0 unspecified atom stereocenters. The quantitative estimate of drug-likeness (QED) is 0.104. The molecule has 2 saturated heterocycles. The molecule has 5 N–H and O–H groups in total. The number of aromatic nitrogens is 1. The Labute approximate surface area is 348 Å². The van der Waals surface area contributed by atoms with Gasteiger partial charge in [-0.2, -0.15) is 0 Å². The van der Waals surface area contributed by atoms with Gasteiger partial charge in [-0.3, -0.25) is 9.59 Å². The Morgan fingerprint density at radius 3 is 2.52 bits per heavy atom. The van der Waals surface area contributed by atoms with Gasteiger partial charge in [-0.15, -0.1) is 0 Å². The van der Waals surface area contributed by atoms with E-state index in [1.807, 2.05) is 26.0 Å². The van der Waals surface area contributed by atoms with Crippen molar-refractivity contribution in [1.82, 2.24) is 10.3 Å². The van der Waals surface area contributed by atoms with E-state index in [0.29, 0.717) is 32.1 Å². The van der Waals surface area contributed by atoms with E-state index in [1.54, 1.807) is 26.0 Å². The number of Topliss-reactive ketones (excluding diaryl/α,β-unsaturated/α-hetero) is 1. The second kappa shape index (κ2) is 16.1. The molecule has 0 aromatic carbocycles. The summed E-state index contributed by atoms with van der Waals surface area (Å²) in [5.74, 6) is -4.71. The molecule has 1 aromatic rings. The number of fused-ring (bicyclic) bond motifs is 4. The van der Waals surface area contributed by atoms with Gasteiger partial charge in [0.2, 0.25) is 5.78 Å². The van der Waals surface area contributed by atoms with Crippen LogP contribution in [0.2, 0.25) is 10.2 Å². The largest absolute Gasteiger partial charge is 0.511 e. The number of H-pyrrole nitrogens is 1. The number of aliphatic carboxylic acids is 1. The summed E-state index contributed by atoms with van der Waals surface area (Å²) >= 11 is 12.2. The summed E-state index contributed by atoms with van der Waals surface area (Å²) in [5, 5.41) is 37.4. The first-order valence-electron chi connectivity index (χ1n) is 20.5. The number of rotatable bonds is 7. The molecule has 6 aliphatic rings. The van der Waals surface area contributed by atoms with Crippen LogP contribution in [-0.2, 0) is 28.6 Å². The number of aliphatic hydroxyl groups excluding tert-OH is 2. The molecule has 3 heterocycles. The van der Waals surface area contributed by atoms with Crippen molar-refractivity contribution in [2.24, 2.45) is 40.4 Å². The van der Waals surface area contributed by atoms with E-state index in [2.05, 4.69) is 35.5 Å². The van der Waals surface area contributed by atoms with Gasteiger partial charge in [-0.05, 0) is 82.1 Å². The van der Waals surface area contributed by atoms with E-state index in [-0.39, 0.29) is 69.3 Å². The molecule has 4 aliphatic carbocycles. The van der Waals surface area contributed by atoms with Crippen molar-refractivity contribution < 1.29 is 48.7 Å². The third-order valence-corrected chi connectivity index (χ3v) is 14.7. The average molecular weight is 842 g/mol. The average Bonchev–Trinajstić information content (AvgIpc) is 3.65. The van der Waals surface area contributed by atoms with Crippen LogP contribution in [0.4, 0.5) is 0 Å². The smallest absolute Gasteiger partial charge is 0.346 e. The van der Waals surface area contributed by atoms with Crippen molar-refractivity contribution in [2.75, 3.05) is 0 Å². The van der Waals surface area contributed by atoms with Gasteiger partial charge in [0.25, 0.3) is 5.91 Å². The van der Waals surface area contributed by atoms with Crippen LogP contribution in [0.3, 0.4) is 0 Å². The van der Waals surface area contributed by atoms with Crippen LogP contribution in [0.5, 0.6) is 0 Å². The lowest BCUT2D eigenvalue weighted by Crippen LogP contribution is -2.58. The Balaban J connectivity index is 1.22. The molecule has 1 amide bonds. The molecule has 12 nitrogen and oxygen atoms in total. The van der Waals surface area contributed by atoms with Crippen LogP contribution >= 0.6 is 23.2 Å². The summed E-state index contributed by atoms with van der Waals surface area (Å²) in [6, 6.07) is 0.665. The van der Waals surface area contributed by atoms with Crippen molar-refractivity contribution in [3.63, 3.8) is 0 Å². The van der Waals surface area contributed by atoms with Crippen LogP contribution in [0, 0.1) is 40.4 Å². The number of nitrogens with one attached hydrogen (secondary N) is 2. The number of hydrogen-bond acceptors (Lipinski definition) is 9. The maximum atomic E-state index is 15.0. The minimum absolute atomic E-state index is 0.0220. The van der Waals surface area contributed by atoms with E-state index in [4.69, 9.17) is 37.4 Å². The Hall–Kier alpha value is -3.68. The number of aliphatic hydroxyl groups is 2. The first-order chi connectivity index (χ1) is 27.5. The molecule has 2 aliphatic heterocycles. The fourth-order valence-electron chi connectivity index (χ4n) is 11.0. The van der Waals surface area contributed by atoms with Crippen molar-refractivity contribution in [2.45, 2.75) is 122 Å². The van der Waals surface area contributed by atoms with E-state index >= 15 is 4.79 Å². The molecule has 1 spiro atoms. The molecule has 314 valence electrons. The van der Waals surface area contributed by atoms with Gasteiger partial charge in [0.1, 0.15) is 22.2 Å². The minimum Gasteiger partial charge on any atom is -0.511 e. The summed E-state index contributed by atoms with van der Waals surface area (Å²) < 4.78 is 19.3. The maximum Gasteiger partial charge on any atom is 0.346 e. The van der Waals surface area contributed by atoms with Crippen LogP contribution in [0.15, 0.2) is 65.5 Å². The number of ketones is 1. The topological polar surface area (TPSA) is 184 Å². The van der Waals surface area contributed by atoms with Crippen LogP contribution < -0.4 is 5.32 Å². The molecular weight excluding hydrogens is 787 g/mol. The predicted octanol–water partition coefficient (Wildman–Crippen LogP) is 7.58. The fourth-order valence-corrected chi connectivity index (χ4v) is 11.5. The van der Waals surface area contributed by atoms with E-state index in [1.165, 1.54) is 6.07 Å². The Morgan fingerprint density at radius 2 is 1.86 bits per heavy atom. The second-order valence-corrected chi connectivity index (χ2v) is 18.1. The normalized spacial score (nSPS) is 42.3. The molecule has 7 rings (SSSR count). The molecule has 1 aromatic heterocycles. The first-order valence-corrected chi connectivity index (χ1v) is 21.3. The van der Waals surface area contributed by atoms with Gasteiger partial charge in [0.05, 0.1) is 34.8 Å². The van der Waals surface area contributed by atoms with Crippen LogP contribution in [0.1, 0.15) is 96.5 Å². The third kappa shape index (κ3) is 6.90. The molecular formula is C44H54Cl2N2O10. The SMILES string of the molecule is CC[C@H]1C[C@]23OC(=O)/C(=C(/O)[C@]4(CC)[C@@H]5CC[C@H](C)[C@H](O[C@H]6C[C@@H](O)[C@H](NC(=O)c7[nH]c(Cl)cc7Cl)[C@@H](C)O6)[C@@H]5C=C[C@H]4C/C=C/C/C=C/[C@@]2(C)C=C1C(=O)O)C3=O. The minimum atomic E-state index is -1.74. The zero-order valence-electron chi connectivity index (χ0n) is 33.5. The van der Waals surface area contributed by atoms with Crippen LogP contribution in [-0.4, -0.2) is 80.2 Å². The van der Waals surface area contributed by atoms with E-state index in [9.17, 15) is 29.7 Å². The summed E-state index contributed by atoms with van der Waals surface area (Å²) in [6.45, 7) is 9.40. The van der Waals surface area contributed by atoms with E-state index < -0.39 is 76.6 Å². The number of carbonyl (C=O) groups excluding carboxylic acids is 3. The number of carboxylic acids is 1. The zero-order chi connectivity index (χ0) is 41.9. The highest BCUT2D eigenvalue weighted by Gasteiger charge is 2.67. The zero-order valence-corrected chi connectivity index (χ0v) is 35.0. The number of amides is 1. The Kier molecular flexibility index (Phi) is 11.8. The summed E-state index contributed by atoms with van der Waals surface area (Å²) in [5.41, 5.74) is -4.19. The van der Waals surface area contributed by atoms with E-state index in [0.717, 1.165) is 6.42 Å². The highest BCUT2D eigenvalue weighted by atomic mass is 35.5. The predicted molar refractivity (Wildman–Crippen MR) is 216 cm³/mol. The second-order valence-electron chi connectivity index (χ2n) is 17.2. The molecule has 14 heteroatoms. The molecule has 1 saturated carbocycles. The van der Waals surface area contributed by atoms with Gasteiger partial charge in [-0.1, -0.05) is 86.5 Å².